The van der Waals surface area contributed by atoms with E-state index in [1.165, 1.54) is 12.1 Å². The molecule has 0 aliphatic rings. The van der Waals surface area contributed by atoms with E-state index >= 15 is 0 Å². The fourth-order valence-corrected chi connectivity index (χ4v) is 1.32. The molecular formula is C9H10BrFO2. The van der Waals surface area contributed by atoms with Crippen molar-refractivity contribution in [1.82, 2.24) is 0 Å². The fourth-order valence-electron chi connectivity index (χ4n) is 0.899. The Balaban J connectivity index is 3.06. The minimum Gasteiger partial charge on any atom is -0.504 e. The number of rotatable bonds is 2. The molecule has 0 radical (unpaired) electrons. The lowest BCUT2D eigenvalue weighted by molar-refractivity contribution is 0.220. The van der Waals surface area contributed by atoms with Gasteiger partial charge in [0.2, 0.25) is 0 Å². The van der Waals surface area contributed by atoms with Crippen LogP contribution in [-0.2, 0) is 0 Å². The Morgan fingerprint density at radius 1 is 1.46 bits per heavy atom. The van der Waals surface area contributed by atoms with E-state index in [0.717, 1.165) is 0 Å². The molecule has 0 saturated heterocycles. The van der Waals surface area contributed by atoms with Crippen molar-refractivity contribution in [2.45, 2.75) is 20.0 Å². The van der Waals surface area contributed by atoms with Gasteiger partial charge in [0.05, 0.1) is 6.10 Å². The van der Waals surface area contributed by atoms with Gasteiger partial charge in [0.25, 0.3) is 0 Å². The van der Waals surface area contributed by atoms with Crippen molar-refractivity contribution in [3.8, 4) is 11.5 Å². The summed E-state index contributed by atoms with van der Waals surface area (Å²) in [6.45, 7) is 3.53. The van der Waals surface area contributed by atoms with Crippen LogP contribution in [0.3, 0.4) is 0 Å². The Labute approximate surface area is 84.5 Å². The Hall–Kier alpha value is -0.770. The predicted molar refractivity (Wildman–Crippen MR) is 51.5 cm³/mol. The molecule has 0 fully saturated rings. The summed E-state index contributed by atoms with van der Waals surface area (Å²) in [5.74, 6) is -0.862. The first-order chi connectivity index (χ1) is 6.00. The van der Waals surface area contributed by atoms with Crippen LogP contribution in [0.4, 0.5) is 4.39 Å². The largest absolute Gasteiger partial charge is 0.504 e. The lowest BCUT2D eigenvalue weighted by Crippen LogP contribution is -2.07. The van der Waals surface area contributed by atoms with Crippen LogP contribution in [0.2, 0.25) is 0 Å². The second-order valence-corrected chi connectivity index (χ2v) is 3.82. The van der Waals surface area contributed by atoms with Crippen LogP contribution in [-0.4, -0.2) is 11.2 Å². The Morgan fingerprint density at radius 3 is 2.54 bits per heavy atom. The molecule has 1 rings (SSSR count). The first kappa shape index (κ1) is 10.3. The van der Waals surface area contributed by atoms with Crippen LogP contribution in [0.25, 0.3) is 0 Å². The minimum absolute atomic E-state index is 0.0989. The van der Waals surface area contributed by atoms with Crippen molar-refractivity contribution in [3.63, 3.8) is 0 Å². The molecule has 1 aromatic carbocycles. The molecule has 0 aromatic heterocycles. The lowest BCUT2D eigenvalue weighted by Gasteiger charge is -2.12. The van der Waals surface area contributed by atoms with E-state index in [0.29, 0.717) is 4.47 Å². The number of hydrogen-bond donors (Lipinski definition) is 1. The summed E-state index contributed by atoms with van der Waals surface area (Å²) in [4.78, 5) is 0. The highest BCUT2D eigenvalue weighted by Crippen LogP contribution is 2.33. The number of halogens is 2. The van der Waals surface area contributed by atoms with Gasteiger partial charge in [0.1, 0.15) is 0 Å². The maximum absolute atomic E-state index is 13.2. The van der Waals surface area contributed by atoms with E-state index in [1.807, 2.05) is 0 Å². The molecule has 1 aromatic rings. The number of benzene rings is 1. The van der Waals surface area contributed by atoms with Gasteiger partial charge in [-0.25, -0.2) is 4.39 Å². The Bertz CT molecular complexity index is 289. The molecule has 72 valence electrons. The van der Waals surface area contributed by atoms with Gasteiger partial charge in [-0.05, 0) is 26.0 Å². The molecule has 0 spiro atoms. The van der Waals surface area contributed by atoms with E-state index < -0.39 is 5.82 Å². The lowest BCUT2D eigenvalue weighted by atomic mass is 10.3. The molecule has 0 bridgehead atoms. The summed E-state index contributed by atoms with van der Waals surface area (Å²) < 4.78 is 18.7. The van der Waals surface area contributed by atoms with E-state index in [4.69, 9.17) is 4.74 Å². The summed E-state index contributed by atoms with van der Waals surface area (Å²) in [6.07, 6.45) is -0.165. The molecular weight excluding hydrogens is 239 g/mol. The van der Waals surface area contributed by atoms with Crippen LogP contribution in [0.15, 0.2) is 16.6 Å². The maximum atomic E-state index is 13.2. The third kappa shape index (κ3) is 2.59. The summed E-state index contributed by atoms with van der Waals surface area (Å²) in [7, 11) is 0. The van der Waals surface area contributed by atoms with Gasteiger partial charge in [-0.2, -0.15) is 0 Å². The average Bonchev–Trinajstić information content (AvgIpc) is 1.96. The fraction of sp³-hybridized carbons (Fsp3) is 0.333. The van der Waals surface area contributed by atoms with Crippen LogP contribution in [0.5, 0.6) is 11.5 Å². The number of ether oxygens (including phenoxy) is 1. The quantitative estimate of drug-likeness (QED) is 0.872. The predicted octanol–water partition coefficient (Wildman–Crippen LogP) is 3.08. The average molecular weight is 249 g/mol. The summed E-state index contributed by atoms with van der Waals surface area (Å²) in [5.41, 5.74) is 0. The van der Waals surface area contributed by atoms with Crippen molar-refractivity contribution in [3.05, 3.63) is 22.4 Å². The topological polar surface area (TPSA) is 29.5 Å². The molecule has 13 heavy (non-hydrogen) atoms. The van der Waals surface area contributed by atoms with E-state index in [-0.39, 0.29) is 17.6 Å². The van der Waals surface area contributed by atoms with Gasteiger partial charge in [-0.15, -0.1) is 0 Å². The van der Waals surface area contributed by atoms with Crippen LogP contribution < -0.4 is 4.74 Å². The van der Waals surface area contributed by atoms with E-state index in [1.54, 1.807) is 13.8 Å². The molecule has 4 heteroatoms. The molecule has 0 saturated carbocycles. The zero-order valence-corrected chi connectivity index (χ0v) is 8.93. The van der Waals surface area contributed by atoms with Gasteiger partial charge in [0.15, 0.2) is 17.3 Å². The number of phenolic OH excluding ortho intramolecular Hbond substituents is 1. The second kappa shape index (κ2) is 3.96. The van der Waals surface area contributed by atoms with Gasteiger partial charge < -0.3 is 9.84 Å². The van der Waals surface area contributed by atoms with Crippen molar-refractivity contribution < 1.29 is 14.2 Å². The van der Waals surface area contributed by atoms with Gasteiger partial charge in [0, 0.05) is 4.47 Å². The van der Waals surface area contributed by atoms with Crippen molar-refractivity contribution in [2.75, 3.05) is 0 Å². The van der Waals surface area contributed by atoms with Crippen molar-refractivity contribution in [1.29, 1.82) is 0 Å². The minimum atomic E-state index is -0.569. The summed E-state index contributed by atoms with van der Waals surface area (Å²) in [5, 5.41) is 9.33. The monoisotopic (exact) mass is 248 g/mol. The SMILES string of the molecule is CC(C)Oc1c(O)cc(Br)cc1F. The molecule has 0 atom stereocenters. The molecule has 0 heterocycles. The first-order valence-electron chi connectivity index (χ1n) is 3.85. The standard InChI is InChI=1S/C9H10BrFO2/c1-5(2)13-9-7(11)3-6(10)4-8(9)12/h3-5,12H,1-2H3. The summed E-state index contributed by atoms with van der Waals surface area (Å²) in [6, 6.07) is 2.64. The number of phenols is 1. The van der Waals surface area contributed by atoms with Crippen LogP contribution >= 0.6 is 15.9 Å². The molecule has 0 aliphatic carbocycles. The van der Waals surface area contributed by atoms with Crippen LogP contribution in [0.1, 0.15) is 13.8 Å². The molecule has 0 aliphatic heterocycles. The number of hydrogen-bond acceptors (Lipinski definition) is 2. The third-order valence-corrected chi connectivity index (χ3v) is 1.80. The highest BCUT2D eigenvalue weighted by atomic mass is 79.9. The molecule has 1 N–H and O–H groups in total. The second-order valence-electron chi connectivity index (χ2n) is 2.90. The maximum Gasteiger partial charge on any atom is 0.197 e. The van der Waals surface area contributed by atoms with E-state index in [9.17, 15) is 9.50 Å². The first-order valence-corrected chi connectivity index (χ1v) is 4.64. The Kier molecular flexibility index (Phi) is 3.14. The highest BCUT2D eigenvalue weighted by Gasteiger charge is 2.12. The van der Waals surface area contributed by atoms with E-state index in [2.05, 4.69) is 15.9 Å². The normalized spacial score (nSPS) is 10.5. The van der Waals surface area contributed by atoms with Gasteiger partial charge in [-0.1, -0.05) is 15.9 Å². The highest BCUT2D eigenvalue weighted by molar-refractivity contribution is 9.10. The zero-order chi connectivity index (χ0) is 10.0. The summed E-state index contributed by atoms with van der Waals surface area (Å²) >= 11 is 3.06. The third-order valence-electron chi connectivity index (χ3n) is 1.34. The zero-order valence-electron chi connectivity index (χ0n) is 7.34. The van der Waals surface area contributed by atoms with Gasteiger partial charge in [-0.3, -0.25) is 0 Å². The number of aromatic hydroxyl groups is 1. The van der Waals surface area contributed by atoms with Gasteiger partial charge >= 0.3 is 0 Å². The molecule has 0 amide bonds. The van der Waals surface area contributed by atoms with Crippen molar-refractivity contribution >= 4 is 15.9 Å². The van der Waals surface area contributed by atoms with Crippen LogP contribution in [0, 0.1) is 5.82 Å². The van der Waals surface area contributed by atoms with Crippen molar-refractivity contribution in [2.24, 2.45) is 0 Å². The Morgan fingerprint density at radius 2 is 2.08 bits per heavy atom. The smallest absolute Gasteiger partial charge is 0.197 e. The molecule has 2 nitrogen and oxygen atoms in total. The molecule has 0 unspecified atom stereocenters.